The fourth-order valence-electron chi connectivity index (χ4n) is 3.92. The number of carbonyl (C=O) groups excluding carboxylic acids is 3. The maximum atomic E-state index is 12.9. The fraction of sp³-hybridized carbons (Fsp3) is 0.115. The number of aryl methyl sites for hydroxylation is 2. The second-order valence-corrected chi connectivity index (χ2v) is 8.17. The number of aromatic nitrogens is 2. The van der Waals surface area contributed by atoms with Gasteiger partial charge in [-0.05, 0) is 68.4 Å². The van der Waals surface area contributed by atoms with E-state index in [0.29, 0.717) is 23.1 Å². The van der Waals surface area contributed by atoms with Crippen LogP contribution in [-0.4, -0.2) is 32.6 Å². The van der Waals surface area contributed by atoms with E-state index in [1.807, 2.05) is 26.0 Å². The molecule has 5 rings (SSSR count). The van der Waals surface area contributed by atoms with Gasteiger partial charge in [0.1, 0.15) is 5.76 Å². The minimum atomic E-state index is -0.462. The molecule has 1 aliphatic heterocycles. The maximum absolute atomic E-state index is 12.9. The van der Waals surface area contributed by atoms with Gasteiger partial charge in [-0.3, -0.25) is 19.3 Å². The predicted molar refractivity (Wildman–Crippen MR) is 129 cm³/mol. The first-order chi connectivity index (χ1) is 16.9. The van der Waals surface area contributed by atoms with Crippen LogP contribution < -0.4 is 10.6 Å². The summed E-state index contributed by atoms with van der Waals surface area (Å²) >= 11 is 0. The molecule has 1 aliphatic rings. The van der Waals surface area contributed by atoms with Crippen LogP contribution in [-0.2, 0) is 6.54 Å². The molecule has 0 radical (unpaired) electrons. The third-order valence-corrected chi connectivity index (χ3v) is 5.49. The molecule has 2 aromatic carbocycles. The van der Waals surface area contributed by atoms with Crippen LogP contribution in [0.2, 0.25) is 0 Å². The van der Waals surface area contributed by atoms with E-state index in [2.05, 4.69) is 20.6 Å². The average Bonchev–Trinajstić information content (AvgIpc) is 3.41. The predicted octanol–water partition coefficient (Wildman–Crippen LogP) is 4.48. The summed E-state index contributed by atoms with van der Waals surface area (Å²) in [6, 6.07) is 16.9. The highest BCUT2D eigenvalue weighted by Crippen LogP contribution is 2.26. The van der Waals surface area contributed by atoms with Crippen LogP contribution in [0, 0.1) is 13.8 Å². The van der Waals surface area contributed by atoms with Gasteiger partial charge in [0.25, 0.3) is 17.7 Å². The van der Waals surface area contributed by atoms with Crippen LogP contribution in [0.5, 0.6) is 0 Å². The lowest BCUT2D eigenvalue weighted by Crippen LogP contribution is -2.28. The number of carbonyl (C=O) groups is 3. The number of imide groups is 1. The number of anilines is 3. The molecule has 0 bridgehead atoms. The highest BCUT2D eigenvalue weighted by atomic mass is 16.3. The third-order valence-electron chi connectivity index (χ3n) is 5.49. The Morgan fingerprint density at radius 1 is 0.886 bits per heavy atom. The first-order valence-electron chi connectivity index (χ1n) is 10.9. The zero-order valence-electron chi connectivity index (χ0n) is 19.0. The largest absolute Gasteiger partial charge is 0.467 e. The summed E-state index contributed by atoms with van der Waals surface area (Å²) in [6.07, 6.45) is 1.48. The number of furan rings is 1. The molecule has 35 heavy (non-hydrogen) atoms. The molecule has 0 spiro atoms. The molecule has 9 nitrogen and oxygen atoms in total. The fourth-order valence-corrected chi connectivity index (χ4v) is 3.92. The van der Waals surface area contributed by atoms with E-state index >= 15 is 0 Å². The molecule has 0 aliphatic carbocycles. The van der Waals surface area contributed by atoms with Gasteiger partial charge in [0.2, 0.25) is 5.95 Å². The molecule has 2 aromatic heterocycles. The lowest BCUT2D eigenvalue weighted by molar-refractivity contribution is 0.0631. The topological polar surface area (TPSA) is 117 Å². The molecular weight excluding hydrogens is 446 g/mol. The minimum absolute atomic E-state index is 0.0326. The van der Waals surface area contributed by atoms with Crippen molar-refractivity contribution in [1.29, 1.82) is 0 Å². The molecule has 9 heteroatoms. The van der Waals surface area contributed by atoms with Crippen LogP contribution in [0.25, 0.3) is 0 Å². The smallest absolute Gasteiger partial charge is 0.261 e. The second-order valence-electron chi connectivity index (χ2n) is 8.17. The lowest BCUT2D eigenvalue weighted by Gasteiger charge is -2.11. The van der Waals surface area contributed by atoms with E-state index < -0.39 is 17.7 Å². The van der Waals surface area contributed by atoms with Gasteiger partial charge < -0.3 is 15.1 Å². The van der Waals surface area contributed by atoms with E-state index in [-0.39, 0.29) is 23.2 Å². The summed E-state index contributed by atoms with van der Waals surface area (Å²) in [7, 11) is 0. The quantitative estimate of drug-likeness (QED) is 0.402. The molecule has 2 N–H and O–H groups in total. The van der Waals surface area contributed by atoms with Crippen LogP contribution in [0.3, 0.4) is 0 Å². The minimum Gasteiger partial charge on any atom is -0.467 e. The third kappa shape index (κ3) is 4.51. The van der Waals surface area contributed by atoms with Gasteiger partial charge in [0, 0.05) is 28.3 Å². The average molecular weight is 467 g/mol. The van der Waals surface area contributed by atoms with E-state index in [0.717, 1.165) is 16.3 Å². The zero-order valence-corrected chi connectivity index (χ0v) is 19.0. The number of amides is 3. The normalized spacial score (nSPS) is 12.6. The van der Waals surface area contributed by atoms with Gasteiger partial charge in [-0.15, -0.1) is 0 Å². The second kappa shape index (κ2) is 8.86. The Morgan fingerprint density at radius 3 is 2.37 bits per heavy atom. The van der Waals surface area contributed by atoms with E-state index in [9.17, 15) is 14.4 Å². The molecule has 3 heterocycles. The van der Waals surface area contributed by atoms with Crippen LogP contribution in [0.4, 0.5) is 17.3 Å². The molecule has 0 unspecified atom stereocenters. The standard InChI is InChI=1S/C26H21N5O4/c1-15-11-16(2)28-26(27-15)30-19-6-3-5-18(13-19)29-23(32)17-8-9-21-22(12-17)25(34)31(24(21)33)14-20-7-4-10-35-20/h3-13H,14H2,1-2H3,(H,29,32)(H,27,28,30). The van der Waals surface area contributed by atoms with E-state index in [1.54, 1.807) is 30.3 Å². The Balaban J connectivity index is 1.32. The summed E-state index contributed by atoms with van der Waals surface area (Å²) in [5.74, 6) is -0.321. The number of benzene rings is 2. The highest BCUT2D eigenvalue weighted by Gasteiger charge is 2.36. The van der Waals surface area contributed by atoms with Crippen molar-refractivity contribution in [1.82, 2.24) is 14.9 Å². The van der Waals surface area contributed by atoms with Crippen molar-refractivity contribution in [2.75, 3.05) is 10.6 Å². The van der Waals surface area contributed by atoms with Crippen molar-refractivity contribution in [3.63, 3.8) is 0 Å². The van der Waals surface area contributed by atoms with Crippen molar-refractivity contribution >= 4 is 35.0 Å². The maximum Gasteiger partial charge on any atom is 0.261 e. The Labute approximate surface area is 200 Å². The van der Waals surface area contributed by atoms with Gasteiger partial charge in [0.05, 0.1) is 23.9 Å². The first kappa shape index (κ1) is 22.0. The number of rotatable bonds is 6. The molecule has 0 atom stereocenters. The summed E-state index contributed by atoms with van der Waals surface area (Å²) in [6.45, 7) is 3.81. The van der Waals surface area contributed by atoms with E-state index in [4.69, 9.17) is 4.42 Å². The highest BCUT2D eigenvalue weighted by molar-refractivity contribution is 6.22. The summed E-state index contributed by atoms with van der Waals surface area (Å²) in [4.78, 5) is 48.3. The first-order valence-corrected chi connectivity index (χ1v) is 10.9. The Hall–Kier alpha value is -4.79. The van der Waals surface area contributed by atoms with Gasteiger partial charge in [-0.1, -0.05) is 6.07 Å². The molecule has 0 saturated carbocycles. The molecule has 174 valence electrons. The van der Waals surface area contributed by atoms with Crippen LogP contribution >= 0.6 is 0 Å². The Kier molecular flexibility index (Phi) is 5.58. The van der Waals surface area contributed by atoms with Crippen molar-refractivity contribution in [2.45, 2.75) is 20.4 Å². The van der Waals surface area contributed by atoms with E-state index in [1.165, 1.54) is 24.5 Å². The van der Waals surface area contributed by atoms with Gasteiger partial charge in [0.15, 0.2) is 0 Å². The SMILES string of the molecule is Cc1cc(C)nc(Nc2cccc(NC(=O)c3ccc4c(c3)C(=O)N(Cc3ccco3)C4=O)c2)n1. The number of hydrogen-bond acceptors (Lipinski definition) is 7. The molecule has 4 aromatic rings. The Morgan fingerprint density at radius 2 is 1.63 bits per heavy atom. The molecule has 3 amide bonds. The summed E-state index contributed by atoms with van der Waals surface area (Å²) in [5, 5.41) is 5.96. The summed E-state index contributed by atoms with van der Waals surface area (Å²) in [5.41, 5.74) is 3.66. The number of nitrogens with zero attached hydrogens (tertiary/aromatic N) is 3. The van der Waals surface area contributed by atoms with Gasteiger partial charge >= 0.3 is 0 Å². The van der Waals surface area contributed by atoms with Crippen molar-refractivity contribution < 1.29 is 18.8 Å². The number of hydrogen-bond donors (Lipinski definition) is 2. The van der Waals surface area contributed by atoms with Crippen LogP contribution in [0.1, 0.15) is 48.2 Å². The molecular formula is C26H21N5O4. The van der Waals surface area contributed by atoms with Crippen molar-refractivity contribution in [2.24, 2.45) is 0 Å². The zero-order chi connectivity index (χ0) is 24.5. The lowest BCUT2D eigenvalue weighted by atomic mass is 10.1. The van der Waals surface area contributed by atoms with Gasteiger partial charge in [-0.2, -0.15) is 0 Å². The van der Waals surface area contributed by atoms with Crippen LogP contribution in [0.15, 0.2) is 71.3 Å². The number of fused-ring (bicyclic) bond motifs is 1. The van der Waals surface area contributed by atoms with Gasteiger partial charge in [-0.25, -0.2) is 9.97 Å². The Bertz CT molecular complexity index is 1440. The number of nitrogens with one attached hydrogen (secondary N) is 2. The molecule has 0 fully saturated rings. The molecule has 0 saturated heterocycles. The van der Waals surface area contributed by atoms with Crippen molar-refractivity contribution in [3.8, 4) is 0 Å². The monoisotopic (exact) mass is 467 g/mol. The summed E-state index contributed by atoms with van der Waals surface area (Å²) < 4.78 is 5.25. The van der Waals surface area contributed by atoms with Crippen molar-refractivity contribution in [3.05, 3.63) is 101 Å².